The smallest absolute Gasteiger partial charge is 0.316 e. The van der Waals surface area contributed by atoms with Crippen LogP contribution in [0.4, 0.5) is 4.39 Å². The van der Waals surface area contributed by atoms with Gasteiger partial charge in [-0.1, -0.05) is 37.7 Å². The number of benzene rings is 1. The second-order valence-electron chi connectivity index (χ2n) is 7.02. The molecule has 0 radical (unpaired) electrons. The molecule has 144 valence electrons. The maximum Gasteiger partial charge on any atom is 0.332 e. The second-order valence-corrected chi connectivity index (χ2v) is 7.96. The Labute approximate surface area is 160 Å². The first-order valence-electron chi connectivity index (χ1n) is 8.83. The zero-order valence-electron chi connectivity index (χ0n) is 15.9. The molecule has 3 rings (SSSR count). The van der Waals surface area contributed by atoms with Crippen LogP contribution in [0.5, 0.6) is 0 Å². The van der Waals surface area contributed by atoms with E-state index in [1.807, 2.05) is 0 Å². The number of hydrogen-bond donors (Lipinski definition) is 0. The van der Waals surface area contributed by atoms with Crippen LogP contribution in [0.2, 0.25) is 0 Å². The summed E-state index contributed by atoms with van der Waals surface area (Å²) in [6.07, 6.45) is 0.755. The molecule has 6 nitrogen and oxygen atoms in total. The molecule has 0 saturated heterocycles. The van der Waals surface area contributed by atoms with Crippen molar-refractivity contribution in [1.29, 1.82) is 0 Å². The zero-order chi connectivity index (χ0) is 19.7. The van der Waals surface area contributed by atoms with E-state index >= 15 is 0 Å². The first kappa shape index (κ1) is 19.4. The molecule has 8 heteroatoms. The van der Waals surface area contributed by atoms with Crippen molar-refractivity contribution in [2.75, 3.05) is 0 Å². The highest BCUT2D eigenvalue weighted by Gasteiger charge is 2.18. The number of imidazole rings is 1. The Balaban J connectivity index is 1.99. The van der Waals surface area contributed by atoms with E-state index in [4.69, 9.17) is 0 Å². The van der Waals surface area contributed by atoms with Crippen molar-refractivity contribution < 1.29 is 4.39 Å². The fourth-order valence-corrected chi connectivity index (χ4v) is 3.79. The molecule has 0 aliphatic heterocycles. The fraction of sp³-hybridized carbons (Fsp3) is 0.421. The Morgan fingerprint density at radius 3 is 2.41 bits per heavy atom. The molecule has 2 heterocycles. The number of hydrogen-bond acceptors (Lipinski definition) is 4. The molecule has 0 amide bonds. The van der Waals surface area contributed by atoms with Crippen LogP contribution in [0.3, 0.4) is 0 Å². The number of aromatic nitrogens is 4. The summed E-state index contributed by atoms with van der Waals surface area (Å²) < 4.78 is 17.5. The van der Waals surface area contributed by atoms with Gasteiger partial charge in [0.2, 0.25) is 0 Å². The Morgan fingerprint density at radius 2 is 1.78 bits per heavy atom. The Bertz CT molecular complexity index is 1080. The summed E-state index contributed by atoms with van der Waals surface area (Å²) in [6.45, 7) is 4.51. The summed E-state index contributed by atoms with van der Waals surface area (Å²) in [7, 11) is 3.42. The van der Waals surface area contributed by atoms with Gasteiger partial charge >= 0.3 is 5.69 Å². The van der Waals surface area contributed by atoms with Crippen LogP contribution in [0.15, 0.2) is 39.0 Å². The molecule has 2 aromatic heterocycles. The van der Waals surface area contributed by atoms with E-state index in [9.17, 15) is 14.0 Å². The predicted octanol–water partition coefficient (Wildman–Crippen LogP) is 2.91. The lowest BCUT2D eigenvalue weighted by Crippen LogP contribution is -2.39. The van der Waals surface area contributed by atoms with E-state index in [1.54, 1.807) is 30.8 Å². The van der Waals surface area contributed by atoms with Gasteiger partial charge in [-0.25, -0.2) is 14.2 Å². The maximum absolute atomic E-state index is 13.0. The molecule has 0 aliphatic carbocycles. The number of rotatable bonds is 6. The number of nitrogens with zero attached hydrogens (tertiary/aromatic N) is 4. The molecule has 3 aromatic rings. The molecule has 0 aliphatic rings. The standard InChI is InChI=1S/C19H23FN4O2S/c1-12(2)9-10-24-17(25)15-16(23(4)19(24)26)21-18(22(15)3)27-11-13-5-7-14(20)8-6-13/h5-8,12H,9-11H2,1-4H3. The predicted molar refractivity (Wildman–Crippen MR) is 106 cm³/mol. The van der Waals surface area contributed by atoms with Crippen molar-refractivity contribution in [3.63, 3.8) is 0 Å². The lowest BCUT2D eigenvalue weighted by molar-refractivity contribution is 0.488. The highest BCUT2D eigenvalue weighted by atomic mass is 32.2. The van der Waals surface area contributed by atoms with Gasteiger partial charge in [-0.05, 0) is 30.0 Å². The van der Waals surface area contributed by atoms with Gasteiger partial charge in [-0.2, -0.15) is 0 Å². The van der Waals surface area contributed by atoms with Gasteiger partial charge in [-0.15, -0.1) is 0 Å². The molecule has 0 unspecified atom stereocenters. The molecule has 0 saturated carbocycles. The summed E-state index contributed by atoms with van der Waals surface area (Å²) >= 11 is 1.44. The highest BCUT2D eigenvalue weighted by molar-refractivity contribution is 7.98. The average molecular weight is 390 g/mol. The minimum absolute atomic E-state index is 0.275. The van der Waals surface area contributed by atoms with Crippen LogP contribution in [-0.2, 0) is 26.4 Å². The van der Waals surface area contributed by atoms with E-state index in [1.165, 1.54) is 33.0 Å². The molecule has 0 fully saturated rings. The lowest BCUT2D eigenvalue weighted by atomic mass is 10.1. The van der Waals surface area contributed by atoms with Crippen LogP contribution in [-0.4, -0.2) is 18.7 Å². The SMILES string of the molecule is CC(C)CCn1c(=O)c2c(nc(SCc3ccc(F)cc3)n2C)n(C)c1=O. The van der Waals surface area contributed by atoms with E-state index in [0.717, 1.165) is 12.0 Å². The van der Waals surface area contributed by atoms with Crippen molar-refractivity contribution in [3.8, 4) is 0 Å². The van der Waals surface area contributed by atoms with Gasteiger partial charge in [0.15, 0.2) is 16.3 Å². The topological polar surface area (TPSA) is 61.8 Å². The normalized spacial score (nSPS) is 11.6. The second kappa shape index (κ2) is 7.72. The minimum atomic E-state index is -0.346. The molecule has 1 aromatic carbocycles. The number of aryl methyl sites for hydroxylation is 2. The average Bonchev–Trinajstić information content (AvgIpc) is 2.96. The van der Waals surface area contributed by atoms with Gasteiger partial charge < -0.3 is 4.57 Å². The van der Waals surface area contributed by atoms with Crippen LogP contribution in [0.25, 0.3) is 11.2 Å². The van der Waals surface area contributed by atoms with Crippen molar-refractivity contribution >= 4 is 22.9 Å². The number of fused-ring (bicyclic) bond motifs is 1. The Morgan fingerprint density at radius 1 is 1.11 bits per heavy atom. The molecular formula is C19H23FN4O2S. The van der Waals surface area contributed by atoms with Gasteiger partial charge in [0, 0.05) is 26.4 Å². The van der Waals surface area contributed by atoms with Crippen LogP contribution >= 0.6 is 11.8 Å². The summed E-state index contributed by atoms with van der Waals surface area (Å²) in [5.74, 6) is 0.710. The minimum Gasteiger partial charge on any atom is -0.316 e. The number of halogens is 1. The van der Waals surface area contributed by atoms with Crippen molar-refractivity contribution in [2.24, 2.45) is 20.0 Å². The van der Waals surface area contributed by atoms with Crippen LogP contribution in [0, 0.1) is 11.7 Å². The lowest BCUT2D eigenvalue weighted by Gasteiger charge is -2.09. The summed E-state index contributed by atoms with van der Waals surface area (Å²) in [4.78, 5) is 30.0. The van der Waals surface area contributed by atoms with E-state index in [0.29, 0.717) is 34.5 Å². The summed E-state index contributed by atoms with van der Waals surface area (Å²) in [5, 5.41) is 0.642. The molecule has 0 bridgehead atoms. The van der Waals surface area contributed by atoms with E-state index < -0.39 is 0 Å². The van der Waals surface area contributed by atoms with Gasteiger partial charge in [0.25, 0.3) is 5.56 Å². The quantitative estimate of drug-likeness (QED) is 0.607. The van der Waals surface area contributed by atoms with E-state index in [-0.39, 0.29) is 17.1 Å². The van der Waals surface area contributed by atoms with Gasteiger partial charge in [-0.3, -0.25) is 13.9 Å². The third-order valence-corrected chi connectivity index (χ3v) is 5.63. The van der Waals surface area contributed by atoms with Crippen molar-refractivity contribution in [2.45, 2.75) is 37.7 Å². The largest absolute Gasteiger partial charge is 0.332 e. The molecular weight excluding hydrogens is 367 g/mol. The summed E-state index contributed by atoms with van der Waals surface area (Å²) in [5.41, 5.74) is 1.10. The Kier molecular flexibility index (Phi) is 5.55. The fourth-order valence-electron chi connectivity index (χ4n) is 2.87. The third kappa shape index (κ3) is 3.85. The first-order valence-corrected chi connectivity index (χ1v) is 9.81. The molecule has 0 spiro atoms. The zero-order valence-corrected chi connectivity index (χ0v) is 16.7. The Hall–Kier alpha value is -2.35. The van der Waals surface area contributed by atoms with Crippen molar-refractivity contribution in [3.05, 3.63) is 56.5 Å². The molecule has 0 atom stereocenters. The maximum atomic E-state index is 13.0. The third-order valence-electron chi connectivity index (χ3n) is 4.53. The summed E-state index contributed by atoms with van der Waals surface area (Å²) in [6, 6.07) is 6.28. The van der Waals surface area contributed by atoms with Gasteiger partial charge in [0.05, 0.1) is 0 Å². The molecule has 0 N–H and O–H groups in total. The first-order chi connectivity index (χ1) is 12.8. The van der Waals surface area contributed by atoms with Crippen LogP contribution in [0.1, 0.15) is 25.8 Å². The highest BCUT2D eigenvalue weighted by Crippen LogP contribution is 2.24. The van der Waals surface area contributed by atoms with E-state index in [2.05, 4.69) is 18.8 Å². The number of thioether (sulfide) groups is 1. The monoisotopic (exact) mass is 390 g/mol. The van der Waals surface area contributed by atoms with Crippen LogP contribution < -0.4 is 11.2 Å². The van der Waals surface area contributed by atoms with Gasteiger partial charge in [0.1, 0.15) is 5.82 Å². The molecule has 27 heavy (non-hydrogen) atoms. The van der Waals surface area contributed by atoms with Crippen molar-refractivity contribution in [1.82, 2.24) is 18.7 Å².